The Hall–Kier alpha value is -0.200. The second-order valence-electron chi connectivity index (χ2n) is 11.7. The number of aliphatic hydroxyl groups excluding tert-OH is 1. The molecule has 5 nitrogen and oxygen atoms in total. The first-order valence-electron chi connectivity index (χ1n) is 14.0. The van der Waals surface area contributed by atoms with Crippen molar-refractivity contribution in [3.63, 3.8) is 0 Å². The van der Waals surface area contributed by atoms with E-state index in [1.54, 1.807) is 0 Å². The highest BCUT2D eigenvalue weighted by atomic mass is 16.6. The minimum Gasteiger partial charge on any atom is -0.368 e. The van der Waals surface area contributed by atoms with Crippen LogP contribution in [0.3, 0.4) is 0 Å². The summed E-state index contributed by atoms with van der Waals surface area (Å²) in [5, 5.41) is 11.0. The lowest BCUT2D eigenvalue weighted by Gasteiger charge is -2.49. The SMILES string of the molecule is CCC[N+]1(C)C(CCC2CC3C(C)CC(N(CC)CC)CC3OC2O)OC2CCCCC21. The van der Waals surface area contributed by atoms with Crippen LogP contribution in [0.1, 0.15) is 91.9 Å². The van der Waals surface area contributed by atoms with Gasteiger partial charge in [-0.05, 0) is 69.9 Å². The van der Waals surface area contributed by atoms with Gasteiger partial charge in [0, 0.05) is 24.8 Å². The molecule has 0 aromatic heterocycles. The second-order valence-corrected chi connectivity index (χ2v) is 11.7. The average molecular weight is 452 g/mol. The molecule has 2 saturated carbocycles. The van der Waals surface area contributed by atoms with Crippen LogP contribution >= 0.6 is 0 Å². The first kappa shape index (κ1) is 24.9. The van der Waals surface area contributed by atoms with Gasteiger partial charge in [0.1, 0.15) is 12.1 Å². The zero-order valence-electron chi connectivity index (χ0n) is 21.5. The number of rotatable bonds is 8. The average Bonchev–Trinajstić information content (AvgIpc) is 3.05. The van der Waals surface area contributed by atoms with E-state index in [4.69, 9.17) is 9.47 Å². The maximum Gasteiger partial charge on any atom is 0.193 e. The molecule has 2 aliphatic carbocycles. The quantitative estimate of drug-likeness (QED) is 0.540. The first-order valence-corrected chi connectivity index (χ1v) is 14.0. The Bertz CT molecular complexity index is 599. The van der Waals surface area contributed by atoms with Crippen LogP contribution in [0.15, 0.2) is 0 Å². The van der Waals surface area contributed by atoms with Crippen LogP contribution in [0, 0.1) is 17.8 Å². The van der Waals surface area contributed by atoms with E-state index in [2.05, 4.69) is 39.6 Å². The van der Waals surface area contributed by atoms with Crippen molar-refractivity contribution in [1.29, 1.82) is 0 Å². The van der Waals surface area contributed by atoms with Gasteiger partial charge in [-0.15, -0.1) is 0 Å². The van der Waals surface area contributed by atoms with Crippen molar-refractivity contribution in [3.05, 3.63) is 0 Å². The molecule has 0 amide bonds. The Labute approximate surface area is 197 Å². The van der Waals surface area contributed by atoms with Crippen LogP contribution in [0.4, 0.5) is 0 Å². The van der Waals surface area contributed by atoms with Gasteiger partial charge in [-0.1, -0.05) is 34.1 Å². The molecule has 32 heavy (non-hydrogen) atoms. The fourth-order valence-corrected chi connectivity index (χ4v) is 8.08. The third kappa shape index (κ3) is 4.79. The van der Waals surface area contributed by atoms with Crippen molar-refractivity contribution in [3.8, 4) is 0 Å². The van der Waals surface area contributed by atoms with E-state index in [1.165, 1.54) is 45.1 Å². The van der Waals surface area contributed by atoms with Crippen LogP contribution in [-0.4, -0.2) is 78.0 Å². The van der Waals surface area contributed by atoms with Gasteiger partial charge in [-0.2, -0.15) is 0 Å². The van der Waals surface area contributed by atoms with Crippen LogP contribution < -0.4 is 0 Å². The van der Waals surface area contributed by atoms with Crippen molar-refractivity contribution < 1.29 is 19.1 Å². The molecular weight excluding hydrogens is 400 g/mol. The molecule has 2 aliphatic heterocycles. The Kier molecular flexibility index (Phi) is 8.25. The molecular formula is C27H51N2O3+. The molecule has 0 aromatic rings. The standard InChI is InChI=1S/C27H51N2O3/c1-6-15-29(5)23-11-9-10-12-24(23)31-26(29)14-13-20-17-22-19(4)16-21(28(7-2)8-3)18-25(22)32-27(20)30/h19-27,30H,6-18H2,1-5H3/q+1. The summed E-state index contributed by atoms with van der Waals surface area (Å²) in [4.78, 5) is 2.58. The van der Waals surface area contributed by atoms with Crippen LogP contribution in [-0.2, 0) is 9.47 Å². The smallest absolute Gasteiger partial charge is 0.193 e. The summed E-state index contributed by atoms with van der Waals surface area (Å²) in [6.45, 7) is 12.7. The third-order valence-electron chi connectivity index (χ3n) is 9.88. The summed E-state index contributed by atoms with van der Waals surface area (Å²) in [5.41, 5.74) is 0. The zero-order valence-corrected chi connectivity index (χ0v) is 21.5. The van der Waals surface area contributed by atoms with Gasteiger partial charge in [-0.3, -0.25) is 4.48 Å². The molecule has 4 rings (SSSR count). The Morgan fingerprint density at radius 3 is 2.41 bits per heavy atom. The third-order valence-corrected chi connectivity index (χ3v) is 9.88. The van der Waals surface area contributed by atoms with Gasteiger partial charge in [0.15, 0.2) is 12.5 Å². The number of hydrogen-bond acceptors (Lipinski definition) is 4. The number of hydrogen-bond donors (Lipinski definition) is 1. The molecule has 10 unspecified atom stereocenters. The van der Waals surface area contributed by atoms with Crippen molar-refractivity contribution in [1.82, 2.24) is 4.90 Å². The maximum absolute atomic E-state index is 11.0. The fourth-order valence-electron chi connectivity index (χ4n) is 8.08. The fraction of sp³-hybridized carbons (Fsp3) is 1.00. The number of fused-ring (bicyclic) bond motifs is 2. The second kappa shape index (κ2) is 10.6. The monoisotopic (exact) mass is 451 g/mol. The van der Waals surface area contributed by atoms with Gasteiger partial charge in [0.2, 0.25) is 0 Å². The molecule has 5 heteroatoms. The number of nitrogens with zero attached hydrogens (tertiary/aromatic N) is 2. The lowest BCUT2D eigenvalue weighted by atomic mass is 9.69. The molecule has 0 aromatic carbocycles. The molecule has 2 heterocycles. The molecule has 0 spiro atoms. The van der Waals surface area contributed by atoms with E-state index in [-0.39, 0.29) is 12.0 Å². The number of likely N-dealkylation sites (N-methyl/N-ethyl adjacent to an activating group) is 1. The minimum absolute atomic E-state index is 0.224. The van der Waals surface area contributed by atoms with Crippen molar-refractivity contribution >= 4 is 0 Å². The molecule has 2 saturated heterocycles. The Morgan fingerprint density at radius 2 is 1.69 bits per heavy atom. The molecule has 4 aliphatic rings. The molecule has 10 atom stereocenters. The van der Waals surface area contributed by atoms with Crippen molar-refractivity contribution in [2.24, 2.45) is 17.8 Å². The van der Waals surface area contributed by atoms with Gasteiger partial charge < -0.3 is 19.5 Å². The van der Waals surface area contributed by atoms with E-state index in [0.717, 1.165) is 43.3 Å². The summed E-state index contributed by atoms with van der Waals surface area (Å²) in [6.07, 6.45) is 12.4. The van der Waals surface area contributed by atoms with Gasteiger partial charge in [-0.25, -0.2) is 0 Å². The summed E-state index contributed by atoms with van der Waals surface area (Å²) in [6, 6.07) is 1.29. The van der Waals surface area contributed by atoms with E-state index >= 15 is 0 Å². The summed E-state index contributed by atoms with van der Waals surface area (Å²) < 4.78 is 14.1. The zero-order chi connectivity index (χ0) is 22.9. The first-order chi connectivity index (χ1) is 15.4. The maximum atomic E-state index is 11.0. The number of quaternary nitrogens is 1. The topological polar surface area (TPSA) is 41.9 Å². The van der Waals surface area contributed by atoms with Crippen LogP contribution in [0.5, 0.6) is 0 Å². The van der Waals surface area contributed by atoms with Crippen LogP contribution in [0.2, 0.25) is 0 Å². The summed E-state index contributed by atoms with van der Waals surface area (Å²) >= 11 is 0. The van der Waals surface area contributed by atoms with E-state index < -0.39 is 6.29 Å². The summed E-state index contributed by atoms with van der Waals surface area (Å²) in [7, 11) is 2.45. The largest absolute Gasteiger partial charge is 0.368 e. The number of ether oxygens (including phenoxy) is 2. The molecule has 0 radical (unpaired) electrons. The lowest BCUT2D eigenvalue weighted by molar-refractivity contribution is -0.954. The van der Waals surface area contributed by atoms with E-state index in [1.807, 2.05) is 0 Å². The highest BCUT2D eigenvalue weighted by molar-refractivity contribution is 4.93. The predicted molar refractivity (Wildman–Crippen MR) is 129 cm³/mol. The van der Waals surface area contributed by atoms with E-state index in [0.29, 0.717) is 36.3 Å². The Balaban J connectivity index is 1.37. The van der Waals surface area contributed by atoms with Gasteiger partial charge >= 0.3 is 0 Å². The van der Waals surface area contributed by atoms with Crippen molar-refractivity contribution in [2.75, 3.05) is 26.7 Å². The highest BCUT2D eigenvalue weighted by Crippen LogP contribution is 2.45. The van der Waals surface area contributed by atoms with Crippen LogP contribution in [0.25, 0.3) is 0 Å². The minimum atomic E-state index is -0.604. The molecule has 1 N–H and O–H groups in total. The van der Waals surface area contributed by atoms with E-state index in [9.17, 15) is 5.11 Å². The predicted octanol–water partition coefficient (Wildman–Crippen LogP) is 4.77. The molecule has 0 bridgehead atoms. The highest BCUT2D eigenvalue weighted by Gasteiger charge is 2.53. The summed E-state index contributed by atoms with van der Waals surface area (Å²) in [5.74, 6) is 1.52. The molecule has 186 valence electrons. The Morgan fingerprint density at radius 1 is 0.938 bits per heavy atom. The van der Waals surface area contributed by atoms with Crippen molar-refractivity contribution in [2.45, 2.75) is 129 Å². The van der Waals surface area contributed by atoms with Gasteiger partial charge in [0.25, 0.3) is 0 Å². The number of aliphatic hydroxyl groups is 1. The normalized spacial score (nSPS) is 46.8. The van der Waals surface area contributed by atoms with Gasteiger partial charge in [0.05, 0.1) is 19.7 Å². The lowest BCUT2D eigenvalue weighted by Crippen LogP contribution is -2.56. The molecule has 4 fully saturated rings.